The summed E-state index contributed by atoms with van der Waals surface area (Å²) < 4.78 is 5.25. The fraction of sp³-hybridized carbons (Fsp3) is 0.917. The predicted octanol–water partition coefficient (Wildman–Crippen LogP) is 1.64. The Morgan fingerprint density at radius 3 is 2.38 bits per heavy atom. The maximum Gasteiger partial charge on any atom is 0.324 e. The standard InChI is InChI=1S/C12H23NO3/c1-4-10(9(2)3)13-12(11(14)15)5-7-16-8-6-12/h9-10,13H,4-8H2,1-3H3,(H,14,15). The van der Waals surface area contributed by atoms with Gasteiger partial charge in [-0.3, -0.25) is 10.1 Å². The molecule has 1 aliphatic rings. The molecule has 0 aromatic carbocycles. The molecule has 0 radical (unpaired) electrons. The number of ether oxygens (including phenoxy) is 1. The van der Waals surface area contributed by atoms with Gasteiger partial charge < -0.3 is 9.84 Å². The van der Waals surface area contributed by atoms with Crippen molar-refractivity contribution in [1.29, 1.82) is 0 Å². The normalized spacial score (nSPS) is 22.0. The van der Waals surface area contributed by atoms with Gasteiger partial charge in [0, 0.05) is 19.3 Å². The second-order valence-electron chi connectivity index (χ2n) is 4.90. The quantitative estimate of drug-likeness (QED) is 0.752. The largest absolute Gasteiger partial charge is 0.480 e. The van der Waals surface area contributed by atoms with Gasteiger partial charge in [-0.05, 0) is 25.2 Å². The molecule has 1 fully saturated rings. The van der Waals surface area contributed by atoms with Gasteiger partial charge in [0.05, 0.1) is 0 Å². The van der Waals surface area contributed by atoms with E-state index in [4.69, 9.17) is 4.74 Å². The first-order valence-electron chi connectivity index (χ1n) is 6.10. The van der Waals surface area contributed by atoms with Crippen LogP contribution in [-0.4, -0.2) is 35.9 Å². The van der Waals surface area contributed by atoms with Crippen LogP contribution in [0, 0.1) is 5.92 Å². The van der Waals surface area contributed by atoms with Crippen LogP contribution in [0.1, 0.15) is 40.0 Å². The summed E-state index contributed by atoms with van der Waals surface area (Å²) in [6, 6.07) is 0.259. The van der Waals surface area contributed by atoms with Gasteiger partial charge in [-0.2, -0.15) is 0 Å². The summed E-state index contributed by atoms with van der Waals surface area (Å²) in [5.41, 5.74) is -0.775. The number of carboxylic acid groups (broad SMARTS) is 1. The van der Waals surface area contributed by atoms with Crippen LogP contribution in [-0.2, 0) is 9.53 Å². The van der Waals surface area contributed by atoms with Crippen molar-refractivity contribution in [3.05, 3.63) is 0 Å². The van der Waals surface area contributed by atoms with E-state index in [0.717, 1.165) is 6.42 Å². The smallest absolute Gasteiger partial charge is 0.324 e. The van der Waals surface area contributed by atoms with Crippen LogP contribution in [0.2, 0.25) is 0 Å². The Morgan fingerprint density at radius 2 is 2.00 bits per heavy atom. The van der Waals surface area contributed by atoms with Crippen LogP contribution in [0.15, 0.2) is 0 Å². The first-order chi connectivity index (χ1) is 7.52. The SMILES string of the molecule is CCC(NC1(C(=O)O)CCOCC1)C(C)C. The summed E-state index contributed by atoms with van der Waals surface area (Å²) in [4.78, 5) is 11.4. The Bertz CT molecular complexity index is 234. The van der Waals surface area contributed by atoms with E-state index in [2.05, 4.69) is 26.1 Å². The number of nitrogens with one attached hydrogen (secondary N) is 1. The van der Waals surface area contributed by atoms with E-state index in [9.17, 15) is 9.90 Å². The Balaban J connectivity index is 2.73. The number of carboxylic acids is 1. The third kappa shape index (κ3) is 2.95. The van der Waals surface area contributed by atoms with Crippen molar-refractivity contribution in [3.63, 3.8) is 0 Å². The summed E-state index contributed by atoms with van der Waals surface area (Å²) in [5, 5.41) is 12.7. The molecule has 1 unspecified atom stereocenters. The minimum atomic E-state index is -0.775. The zero-order chi connectivity index (χ0) is 12.2. The summed E-state index contributed by atoms with van der Waals surface area (Å²) in [6.45, 7) is 7.40. The maximum absolute atomic E-state index is 11.4. The van der Waals surface area contributed by atoms with Gasteiger partial charge >= 0.3 is 5.97 Å². The van der Waals surface area contributed by atoms with E-state index in [0.29, 0.717) is 32.0 Å². The van der Waals surface area contributed by atoms with Gasteiger partial charge in [0.15, 0.2) is 0 Å². The summed E-state index contributed by atoms with van der Waals surface area (Å²) in [7, 11) is 0. The van der Waals surface area contributed by atoms with E-state index in [1.54, 1.807) is 0 Å². The fourth-order valence-corrected chi connectivity index (χ4v) is 2.23. The Hall–Kier alpha value is -0.610. The molecule has 1 rings (SSSR count). The molecule has 0 spiro atoms. The number of carbonyl (C=O) groups is 1. The Morgan fingerprint density at radius 1 is 1.44 bits per heavy atom. The molecular formula is C12H23NO3. The molecule has 0 aromatic heterocycles. The van der Waals surface area contributed by atoms with E-state index < -0.39 is 11.5 Å². The summed E-state index contributed by atoms with van der Waals surface area (Å²) in [6.07, 6.45) is 2.07. The lowest BCUT2D eigenvalue weighted by Gasteiger charge is -2.38. The van der Waals surface area contributed by atoms with E-state index in [1.165, 1.54) is 0 Å². The molecule has 4 nitrogen and oxygen atoms in total. The van der Waals surface area contributed by atoms with Crippen LogP contribution in [0.4, 0.5) is 0 Å². The number of hydrogen-bond acceptors (Lipinski definition) is 3. The minimum Gasteiger partial charge on any atom is -0.480 e. The zero-order valence-corrected chi connectivity index (χ0v) is 10.5. The second-order valence-corrected chi connectivity index (χ2v) is 4.90. The molecule has 94 valence electrons. The lowest BCUT2D eigenvalue weighted by Crippen LogP contribution is -2.59. The van der Waals surface area contributed by atoms with Crippen molar-refractivity contribution in [3.8, 4) is 0 Å². The van der Waals surface area contributed by atoms with Crippen LogP contribution >= 0.6 is 0 Å². The molecule has 1 atom stereocenters. The van der Waals surface area contributed by atoms with Gasteiger partial charge in [-0.1, -0.05) is 20.8 Å². The molecule has 0 bridgehead atoms. The molecule has 2 N–H and O–H groups in total. The third-order valence-electron chi connectivity index (χ3n) is 3.46. The van der Waals surface area contributed by atoms with Crippen LogP contribution in [0.5, 0.6) is 0 Å². The lowest BCUT2D eigenvalue weighted by molar-refractivity contribution is -0.150. The zero-order valence-electron chi connectivity index (χ0n) is 10.5. The predicted molar refractivity (Wildman–Crippen MR) is 62.5 cm³/mol. The monoisotopic (exact) mass is 229 g/mol. The van der Waals surface area contributed by atoms with E-state index >= 15 is 0 Å². The fourth-order valence-electron chi connectivity index (χ4n) is 2.23. The number of rotatable bonds is 5. The van der Waals surface area contributed by atoms with E-state index in [1.807, 2.05) is 0 Å². The van der Waals surface area contributed by atoms with Gasteiger partial charge in [0.2, 0.25) is 0 Å². The average Bonchev–Trinajstić information content (AvgIpc) is 2.26. The lowest BCUT2D eigenvalue weighted by atomic mass is 9.87. The van der Waals surface area contributed by atoms with Crippen molar-refractivity contribution >= 4 is 5.97 Å². The van der Waals surface area contributed by atoms with Crippen LogP contribution in [0.25, 0.3) is 0 Å². The molecular weight excluding hydrogens is 206 g/mol. The van der Waals surface area contributed by atoms with Gasteiger partial charge in [-0.15, -0.1) is 0 Å². The van der Waals surface area contributed by atoms with Crippen molar-refractivity contribution in [1.82, 2.24) is 5.32 Å². The molecule has 1 saturated heterocycles. The highest BCUT2D eigenvalue weighted by Gasteiger charge is 2.41. The molecule has 0 amide bonds. The molecule has 0 aliphatic carbocycles. The summed E-state index contributed by atoms with van der Waals surface area (Å²) >= 11 is 0. The van der Waals surface area contributed by atoms with E-state index in [-0.39, 0.29) is 6.04 Å². The highest BCUT2D eigenvalue weighted by atomic mass is 16.5. The molecule has 16 heavy (non-hydrogen) atoms. The maximum atomic E-state index is 11.4. The minimum absolute atomic E-state index is 0.259. The molecule has 4 heteroatoms. The van der Waals surface area contributed by atoms with Crippen molar-refractivity contribution < 1.29 is 14.6 Å². The van der Waals surface area contributed by atoms with Crippen molar-refractivity contribution in [2.75, 3.05) is 13.2 Å². The topological polar surface area (TPSA) is 58.6 Å². The van der Waals surface area contributed by atoms with Gasteiger partial charge in [-0.25, -0.2) is 0 Å². The molecule has 1 heterocycles. The first kappa shape index (κ1) is 13.5. The summed E-state index contributed by atoms with van der Waals surface area (Å²) in [5.74, 6) is -0.293. The Kier molecular flexibility index (Phi) is 4.74. The Labute approximate surface area is 97.4 Å². The second kappa shape index (κ2) is 5.64. The van der Waals surface area contributed by atoms with Gasteiger partial charge in [0.1, 0.15) is 5.54 Å². The number of hydrogen-bond donors (Lipinski definition) is 2. The highest BCUT2D eigenvalue weighted by Crippen LogP contribution is 2.23. The third-order valence-corrected chi connectivity index (χ3v) is 3.46. The van der Waals surface area contributed by atoms with Crippen LogP contribution in [0.3, 0.4) is 0 Å². The van der Waals surface area contributed by atoms with Gasteiger partial charge in [0.25, 0.3) is 0 Å². The van der Waals surface area contributed by atoms with Crippen molar-refractivity contribution in [2.24, 2.45) is 5.92 Å². The molecule has 0 saturated carbocycles. The molecule has 0 aromatic rings. The molecule has 1 aliphatic heterocycles. The first-order valence-corrected chi connectivity index (χ1v) is 6.10. The van der Waals surface area contributed by atoms with Crippen molar-refractivity contribution in [2.45, 2.75) is 51.6 Å². The highest BCUT2D eigenvalue weighted by molar-refractivity contribution is 5.79. The number of aliphatic carboxylic acids is 1. The average molecular weight is 229 g/mol. The van der Waals surface area contributed by atoms with Crippen LogP contribution < -0.4 is 5.32 Å².